The highest BCUT2D eigenvalue weighted by Crippen LogP contribution is 2.24. The van der Waals surface area contributed by atoms with Crippen molar-refractivity contribution in [3.63, 3.8) is 0 Å². The lowest BCUT2D eigenvalue weighted by Gasteiger charge is -2.32. The van der Waals surface area contributed by atoms with Crippen LogP contribution < -0.4 is 10.6 Å². The van der Waals surface area contributed by atoms with Crippen molar-refractivity contribution in [3.8, 4) is 0 Å². The summed E-state index contributed by atoms with van der Waals surface area (Å²) in [4.78, 5) is 50.3. The molecule has 0 aromatic heterocycles. The standard InChI is InChI=1S/C18H29N3O5/c1-2-13(22)16(21-9-8-19-11-21)15(17(24)18(25)26)20-10-14(23)12-6-4-3-5-7-12/h12,15-16,19-20H,2-11H2,1H3,(H,25,26). The van der Waals surface area contributed by atoms with E-state index < -0.39 is 23.8 Å². The number of ketones is 3. The zero-order chi connectivity index (χ0) is 19.1. The number of hydrogen-bond acceptors (Lipinski definition) is 7. The zero-order valence-corrected chi connectivity index (χ0v) is 15.3. The molecule has 26 heavy (non-hydrogen) atoms. The van der Waals surface area contributed by atoms with Crippen molar-refractivity contribution in [2.24, 2.45) is 5.92 Å². The first-order valence-electron chi connectivity index (χ1n) is 9.46. The summed E-state index contributed by atoms with van der Waals surface area (Å²) in [6.07, 6.45) is 5.04. The maximum Gasteiger partial charge on any atom is 0.373 e. The van der Waals surface area contributed by atoms with Gasteiger partial charge in [0.25, 0.3) is 5.78 Å². The molecule has 2 unspecified atom stereocenters. The normalized spacial score (nSPS) is 21.3. The van der Waals surface area contributed by atoms with Crippen LogP contribution in [0.5, 0.6) is 0 Å². The second kappa shape index (κ2) is 9.89. The van der Waals surface area contributed by atoms with E-state index in [1.807, 2.05) is 0 Å². The van der Waals surface area contributed by atoms with Gasteiger partial charge in [-0.25, -0.2) is 4.79 Å². The Kier molecular flexibility index (Phi) is 7.86. The smallest absolute Gasteiger partial charge is 0.373 e. The highest BCUT2D eigenvalue weighted by atomic mass is 16.4. The molecule has 0 radical (unpaired) electrons. The highest BCUT2D eigenvalue weighted by Gasteiger charge is 2.40. The van der Waals surface area contributed by atoms with Crippen molar-refractivity contribution in [2.75, 3.05) is 26.3 Å². The van der Waals surface area contributed by atoms with E-state index in [2.05, 4.69) is 10.6 Å². The van der Waals surface area contributed by atoms with E-state index in [0.29, 0.717) is 19.8 Å². The molecule has 0 amide bonds. The van der Waals surface area contributed by atoms with Gasteiger partial charge in [-0.2, -0.15) is 0 Å². The van der Waals surface area contributed by atoms with E-state index in [-0.39, 0.29) is 30.4 Å². The van der Waals surface area contributed by atoms with Crippen molar-refractivity contribution < 1.29 is 24.3 Å². The fourth-order valence-electron chi connectivity index (χ4n) is 3.83. The molecule has 2 fully saturated rings. The highest BCUT2D eigenvalue weighted by molar-refractivity contribution is 6.35. The van der Waals surface area contributed by atoms with Crippen LogP contribution in [-0.2, 0) is 19.2 Å². The Bertz CT molecular complexity index is 539. The van der Waals surface area contributed by atoms with Crippen LogP contribution in [0.15, 0.2) is 0 Å². The van der Waals surface area contributed by atoms with Crippen LogP contribution in [0.25, 0.3) is 0 Å². The van der Waals surface area contributed by atoms with Crippen molar-refractivity contribution >= 4 is 23.3 Å². The number of nitrogens with one attached hydrogen (secondary N) is 2. The molecule has 8 heteroatoms. The Morgan fingerprint density at radius 2 is 1.88 bits per heavy atom. The lowest BCUT2D eigenvalue weighted by atomic mass is 9.86. The van der Waals surface area contributed by atoms with Gasteiger partial charge < -0.3 is 10.4 Å². The summed E-state index contributed by atoms with van der Waals surface area (Å²) in [6.45, 7) is 3.25. The monoisotopic (exact) mass is 367 g/mol. The van der Waals surface area contributed by atoms with Gasteiger partial charge in [-0.3, -0.25) is 24.6 Å². The molecule has 1 heterocycles. The van der Waals surface area contributed by atoms with Crippen molar-refractivity contribution in [1.29, 1.82) is 0 Å². The number of carboxylic acids is 1. The van der Waals surface area contributed by atoms with Crippen LogP contribution in [0.1, 0.15) is 45.4 Å². The molecule has 2 aliphatic rings. The van der Waals surface area contributed by atoms with Crippen LogP contribution in [0.4, 0.5) is 0 Å². The number of carboxylic acid groups (broad SMARTS) is 1. The fourth-order valence-corrected chi connectivity index (χ4v) is 3.83. The third kappa shape index (κ3) is 5.18. The third-order valence-corrected chi connectivity index (χ3v) is 5.33. The topological polar surface area (TPSA) is 116 Å². The molecule has 1 saturated heterocycles. The van der Waals surface area contributed by atoms with Gasteiger partial charge in [0.05, 0.1) is 12.6 Å². The molecule has 2 atom stereocenters. The minimum atomic E-state index is -1.59. The second-order valence-electron chi connectivity index (χ2n) is 7.06. The molecule has 3 N–H and O–H groups in total. The zero-order valence-electron chi connectivity index (χ0n) is 15.3. The van der Waals surface area contributed by atoms with E-state index in [4.69, 9.17) is 0 Å². The van der Waals surface area contributed by atoms with Crippen LogP contribution in [-0.4, -0.2) is 71.7 Å². The summed E-state index contributed by atoms with van der Waals surface area (Å²) in [7, 11) is 0. The molecule has 0 aromatic carbocycles. The Hall–Kier alpha value is -1.64. The minimum Gasteiger partial charge on any atom is -0.475 e. The Morgan fingerprint density at radius 3 is 2.42 bits per heavy atom. The van der Waals surface area contributed by atoms with Crippen LogP contribution in [0.3, 0.4) is 0 Å². The number of aliphatic carboxylic acids is 1. The first-order chi connectivity index (χ1) is 12.5. The molecular weight excluding hydrogens is 338 g/mol. The number of rotatable bonds is 10. The molecule has 2 rings (SSSR count). The second-order valence-corrected chi connectivity index (χ2v) is 7.06. The molecule has 0 spiro atoms. The number of Topliss-reactive ketones (excluding diaryl/α,β-unsaturated/α-hetero) is 3. The van der Waals surface area contributed by atoms with Gasteiger partial charge in [0.1, 0.15) is 11.8 Å². The molecule has 1 aliphatic carbocycles. The molecular formula is C18H29N3O5. The van der Waals surface area contributed by atoms with Crippen LogP contribution >= 0.6 is 0 Å². The van der Waals surface area contributed by atoms with Gasteiger partial charge in [-0.05, 0) is 12.8 Å². The predicted molar refractivity (Wildman–Crippen MR) is 94.7 cm³/mol. The molecule has 0 bridgehead atoms. The van der Waals surface area contributed by atoms with E-state index in [0.717, 1.165) is 32.1 Å². The summed E-state index contributed by atoms with van der Waals surface area (Å²) < 4.78 is 0. The van der Waals surface area contributed by atoms with Gasteiger partial charge in [0, 0.05) is 32.1 Å². The van der Waals surface area contributed by atoms with E-state index in [1.54, 1.807) is 11.8 Å². The predicted octanol–water partition coefficient (Wildman–Crippen LogP) is -0.0419. The van der Waals surface area contributed by atoms with Gasteiger partial charge in [0.2, 0.25) is 0 Å². The van der Waals surface area contributed by atoms with Crippen molar-refractivity contribution in [1.82, 2.24) is 15.5 Å². The van der Waals surface area contributed by atoms with E-state index >= 15 is 0 Å². The summed E-state index contributed by atoms with van der Waals surface area (Å²) in [5.74, 6) is -2.90. The average Bonchev–Trinajstić information content (AvgIpc) is 3.18. The minimum absolute atomic E-state index is 0.00451. The van der Waals surface area contributed by atoms with Gasteiger partial charge in [0.15, 0.2) is 5.78 Å². The quantitative estimate of drug-likeness (QED) is 0.461. The van der Waals surface area contributed by atoms with Gasteiger partial charge in [-0.15, -0.1) is 0 Å². The van der Waals surface area contributed by atoms with E-state index in [9.17, 15) is 24.3 Å². The molecule has 1 saturated carbocycles. The van der Waals surface area contributed by atoms with Crippen LogP contribution in [0.2, 0.25) is 0 Å². The summed E-state index contributed by atoms with van der Waals surface area (Å²) >= 11 is 0. The number of nitrogens with zero attached hydrogens (tertiary/aromatic N) is 1. The first-order valence-corrected chi connectivity index (χ1v) is 9.46. The molecule has 146 valence electrons. The molecule has 1 aliphatic heterocycles. The Balaban J connectivity index is 2.12. The average molecular weight is 367 g/mol. The Morgan fingerprint density at radius 1 is 1.19 bits per heavy atom. The first kappa shape index (κ1) is 20.7. The molecule has 8 nitrogen and oxygen atoms in total. The van der Waals surface area contributed by atoms with Crippen molar-refractivity contribution in [2.45, 2.75) is 57.5 Å². The molecule has 0 aromatic rings. The van der Waals surface area contributed by atoms with E-state index in [1.165, 1.54) is 0 Å². The number of hydrogen-bond donors (Lipinski definition) is 3. The summed E-state index contributed by atoms with van der Waals surface area (Å²) in [6, 6.07) is -2.09. The Labute approximate surface area is 153 Å². The largest absolute Gasteiger partial charge is 0.475 e. The maximum absolute atomic E-state index is 12.5. The number of carbonyl (C=O) groups excluding carboxylic acids is 3. The lowest BCUT2D eigenvalue weighted by Crippen LogP contribution is -2.59. The number of carbonyl (C=O) groups is 4. The van der Waals surface area contributed by atoms with Crippen LogP contribution in [0, 0.1) is 5.92 Å². The fraction of sp³-hybridized carbons (Fsp3) is 0.778. The van der Waals surface area contributed by atoms with Gasteiger partial charge >= 0.3 is 5.97 Å². The summed E-state index contributed by atoms with van der Waals surface area (Å²) in [5, 5.41) is 15.1. The van der Waals surface area contributed by atoms with Crippen molar-refractivity contribution in [3.05, 3.63) is 0 Å². The third-order valence-electron chi connectivity index (χ3n) is 5.33. The lowest BCUT2D eigenvalue weighted by molar-refractivity contribution is -0.151. The summed E-state index contributed by atoms with van der Waals surface area (Å²) in [5.41, 5.74) is 0. The maximum atomic E-state index is 12.5. The SMILES string of the molecule is CCC(=O)C(C(NCC(=O)C1CCCCC1)C(=O)C(=O)O)N1CCNC1. The van der Waals surface area contributed by atoms with Gasteiger partial charge in [-0.1, -0.05) is 26.2 Å².